The van der Waals surface area contributed by atoms with Crippen molar-refractivity contribution in [3.8, 4) is 0 Å². The molecule has 108 valence electrons. The van der Waals surface area contributed by atoms with E-state index >= 15 is 0 Å². The number of aromatic nitrogens is 1. The average molecular weight is 278 g/mol. The number of nitrogens with zero attached hydrogens (tertiary/aromatic N) is 1. The van der Waals surface area contributed by atoms with Crippen LogP contribution in [0.4, 0.5) is 0 Å². The monoisotopic (exact) mass is 278 g/mol. The molecule has 0 amide bonds. The van der Waals surface area contributed by atoms with Gasteiger partial charge in [-0.1, -0.05) is 18.2 Å². The van der Waals surface area contributed by atoms with Gasteiger partial charge in [-0.15, -0.1) is 0 Å². The van der Waals surface area contributed by atoms with Crippen LogP contribution in [0.2, 0.25) is 0 Å². The van der Waals surface area contributed by atoms with Gasteiger partial charge in [-0.2, -0.15) is 0 Å². The summed E-state index contributed by atoms with van der Waals surface area (Å²) in [5, 5.41) is 30.4. The second kappa shape index (κ2) is 5.16. The third kappa shape index (κ3) is 2.02. The Morgan fingerprint density at radius 1 is 1.20 bits per heavy atom. The first-order valence-corrected chi connectivity index (χ1v) is 6.58. The molecule has 1 unspecified atom stereocenters. The molecule has 0 bridgehead atoms. The maximum absolute atomic E-state index is 10.1. The number of para-hydroxylation sites is 1. The first kappa shape index (κ1) is 13.5. The molecule has 5 N–H and O–H groups in total. The highest BCUT2D eigenvalue weighted by atomic mass is 16.5. The Balaban J connectivity index is 2.06. The predicted octanol–water partition coefficient (Wildman–Crippen LogP) is -0.288. The molecule has 0 spiro atoms. The standard InChI is InChI=1S/C14H18N2O4/c15-5-8-6-16(10-4-2-1-3-9(8)10)14-13(19)12(18)11(17)7-20-14/h1-4,6,11-14,17-19H,5,7,15H2/t11-,12+,13-,14?/m1/s1. The summed E-state index contributed by atoms with van der Waals surface area (Å²) in [6, 6.07) is 7.67. The van der Waals surface area contributed by atoms with Gasteiger partial charge in [0.2, 0.25) is 0 Å². The van der Waals surface area contributed by atoms with Gasteiger partial charge in [0.05, 0.1) is 12.1 Å². The normalized spacial score (nSPS) is 30.8. The number of ether oxygens (including phenoxy) is 1. The van der Waals surface area contributed by atoms with E-state index in [2.05, 4.69) is 0 Å². The Bertz CT molecular complexity index is 612. The highest BCUT2D eigenvalue weighted by Gasteiger charge is 2.38. The van der Waals surface area contributed by atoms with Crippen LogP contribution in [-0.4, -0.2) is 44.8 Å². The molecule has 1 saturated heterocycles. The largest absolute Gasteiger partial charge is 0.388 e. The zero-order valence-electron chi connectivity index (χ0n) is 10.9. The van der Waals surface area contributed by atoms with Crippen LogP contribution in [0.25, 0.3) is 10.9 Å². The summed E-state index contributed by atoms with van der Waals surface area (Å²) in [5.41, 5.74) is 7.55. The van der Waals surface area contributed by atoms with E-state index in [1.807, 2.05) is 30.5 Å². The molecule has 20 heavy (non-hydrogen) atoms. The van der Waals surface area contributed by atoms with Gasteiger partial charge in [0.25, 0.3) is 0 Å². The molecule has 2 aromatic rings. The average Bonchev–Trinajstić information content (AvgIpc) is 2.84. The summed E-state index contributed by atoms with van der Waals surface area (Å²) in [6.07, 6.45) is -2.41. The van der Waals surface area contributed by atoms with Crippen molar-refractivity contribution in [1.82, 2.24) is 4.57 Å². The lowest BCUT2D eigenvalue weighted by Crippen LogP contribution is -2.50. The van der Waals surface area contributed by atoms with Crippen molar-refractivity contribution in [3.63, 3.8) is 0 Å². The van der Waals surface area contributed by atoms with Crippen LogP contribution in [-0.2, 0) is 11.3 Å². The Labute approximate surface area is 116 Å². The molecule has 1 aliphatic heterocycles. The van der Waals surface area contributed by atoms with Crippen LogP contribution in [0.15, 0.2) is 30.5 Å². The van der Waals surface area contributed by atoms with E-state index in [0.717, 1.165) is 16.5 Å². The van der Waals surface area contributed by atoms with Gasteiger partial charge in [0.15, 0.2) is 6.23 Å². The Kier molecular flexibility index (Phi) is 3.49. The minimum atomic E-state index is -1.23. The summed E-state index contributed by atoms with van der Waals surface area (Å²) in [5.74, 6) is 0. The van der Waals surface area contributed by atoms with Crippen LogP contribution in [0.3, 0.4) is 0 Å². The minimum Gasteiger partial charge on any atom is -0.388 e. The van der Waals surface area contributed by atoms with Crippen LogP contribution >= 0.6 is 0 Å². The van der Waals surface area contributed by atoms with Crippen LogP contribution in [0.1, 0.15) is 11.8 Å². The molecular weight excluding hydrogens is 260 g/mol. The van der Waals surface area contributed by atoms with Crippen molar-refractivity contribution in [2.45, 2.75) is 31.1 Å². The number of fused-ring (bicyclic) bond motifs is 1. The lowest BCUT2D eigenvalue weighted by Gasteiger charge is -2.36. The van der Waals surface area contributed by atoms with Crippen LogP contribution in [0.5, 0.6) is 0 Å². The number of benzene rings is 1. The molecule has 0 aliphatic carbocycles. The van der Waals surface area contributed by atoms with Gasteiger partial charge in [-0.05, 0) is 11.6 Å². The van der Waals surface area contributed by atoms with Gasteiger partial charge in [0.1, 0.15) is 18.3 Å². The second-order valence-electron chi connectivity index (χ2n) is 5.06. The highest BCUT2D eigenvalue weighted by Crippen LogP contribution is 2.30. The fourth-order valence-electron chi connectivity index (χ4n) is 2.69. The van der Waals surface area contributed by atoms with Gasteiger partial charge in [-0.3, -0.25) is 0 Å². The number of aliphatic hydroxyl groups is 3. The molecule has 1 aromatic heterocycles. The molecule has 6 heteroatoms. The lowest BCUT2D eigenvalue weighted by atomic mass is 10.0. The molecule has 1 aromatic carbocycles. The van der Waals surface area contributed by atoms with Gasteiger partial charge in [-0.25, -0.2) is 0 Å². The summed E-state index contributed by atoms with van der Waals surface area (Å²) in [7, 11) is 0. The van der Waals surface area contributed by atoms with Crippen LogP contribution < -0.4 is 5.73 Å². The molecule has 2 heterocycles. The van der Waals surface area contributed by atoms with E-state index in [1.165, 1.54) is 0 Å². The first-order valence-electron chi connectivity index (χ1n) is 6.58. The number of nitrogens with two attached hydrogens (primary N) is 1. The second-order valence-corrected chi connectivity index (χ2v) is 5.06. The van der Waals surface area contributed by atoms with Crippen molar-refractivity contribution in [2.24, 2.45) is 5.73 Å². The van der Waals surface area contributed by atoms with E-state index in [4.69, 9.17) is 10.5 Å². The van der Waals surface area contributed by atoms with Crippen molar-refractivity contribution in [2.75, 3.05) is 6.61 Å². The van der Waals surface area contributed by atoms with E-state index < -0.39 is 24.5 Å². The molecule has 0 saturated carbocycles. The molecule has 3 rings (SSSR count). The summed E-state index contributed by atoms with van der Waals surface area (Å²) in [4.78, 5) is 0. The van der Waals surface area contributed by atoms with E-state index in [-0.39, 0.29) is 6.61 Å². The third-order valence-corrected chi connectivity index (χ3v) is 3.79. The topological polar surface area (TPSA) is 101 Å². The van der Waals surface area contributed by atoms with Gasteiger partial charge in [0, 0.05) is 18.1 Å². The molecule has 6 nitrogen and oxygen atoms in total. The number of hydrogen-bond acceptors (Lipinski definition) is 5. The molecular formula is C14H18N2O4. The molecule has 4 atom stereocenters. The van der Waals surface area contributed by atoms with Crippen molar-refractivity contribution < 1.29 is 20.1 Å². The van der Waals surface area contributed by atoms with Crippen molar-refractivity contribution in [3.05, 3.63) is 36.0 Å². The van der Waals surface area contributed by atoms with Gasteiger partial charge >= 0.3 is 0 Å². The summed E-state index contributed by atoms with van der Waals surface area (Å²) >= 11 is 0. The quantitative estimate of drug-likeness (QED) is 0.605. The maximum Gasteiger partial charge on any atom is 0.162 e. The summed E-state index contributed by atoms with van der Waals surface area (Å²) in [6.45, 7) is 0.356. The Hall–Kier alpha value is -1.44. The fourth-order valence-corrected chi connectivity index (χ4v) is 2.69. The van der Waals surface area contributed by atoms with E-state index in [1.54, 1.807) is 4.57 Å². The molecule has 1 fully saturated rings. The van der Waals surface area contributed by atoms with E-state index in [9.17, 15) is 15.3 Å². The maximum atomic E-state index is 10.1. The summed E-state index contributed by atoms with van der Waals surface area (Å²) < 4.78 is 7.25. The smallest absolute Gasteiger partial charge is 0.162 e. The van der Waals surface area contributed by atoms with Crippen molar-refractivity contribution in [1.29, 1.82) is 0 Å². The van der Waals surface area contributed by atoms with Gasteiger partial charge < -0.3 is 30.4 Å². The number of rotatable bonds is 2. The lowest BCUT2D eigenvalue weighted by molar-refractivity contribution is -0.209. The predicted molar refractivity (Wildman–Crippen MR) is 72.8 cm³/mol. The zero-order chi connectivity index (χ0) is 14.3. The number of aliphatic hydroxyl groups excluding tert-OH is 3. The fraction of sp³-hybridized carbons (Fsp3) is 0.429. The molecule has 1 aliphatic rings. The van der Waals surface area contributed by atoms with Crippen molar-refractivity contribution >= 4 is 10.9 Å². The Morgan fingerprint density at radius 3 is 2.70 bits per heavy atom. The van der Waals surface area contributed by atoms with Crippen LogP contribution in [0, 0.1) is 0 Å². The number of hydrogen-bond donors (Lipinski definition) is 4. The molecule has 0 radical (unpaired) electrons. The first-order chi connectivity index (χ1) is 9.63. The third-order valence-electron chi connectivity index (χ3n) is 3.79. The highest BCUT2D eigenvalue weighted by molar-refractivity contribution is 5.84. The SMILES string of the molecule is NCc1cn(C2OC[C@@H](O)[C@H](O)[C@H]2O)c2ccccc12. The Morgan fingerprint density at radius 2 is 1.95 bits per heavy atom. The zero-order valence-corrected chi connectivity index (χ0v) is 10.9. The minimum absolute atomic E-state index is 0.0205. The van der Waals surface area contributed by atoms with E-state index in [0.29, 0.717) is 6.54 Å².